The van der Waals surface area contributed by atoms with Crippen LogP contribution in [0, 0.1) is 6.92 Å². The first kappa shape index (κ1) is 24.5. The number of fused-ring (bicyclic) bond motifs is 4. The average Bonchev–Trinajstić information content (AvgIpc) is 3.09. The van der Waals surface area contributed by atoms with Crippen LogP contribution in [-0.4, -0.2) is 31.6 Å². The van der Waals surface area contributed by atoms with Gasteiger partial charge in [0.05, 0.1) is 11.2 Å². The van der Waals surface area contributed by atoms with Gasteiger partial charge in [-0.15, -0.1) is 24.8 Å². The van der Waals surface area contributed by atoms with Crippen LogP contribution in [0.2, 0.25) is 0 Å². The van der Waals surface area contributed by atoms with Crippen molar-refractivity contribution in [2.24, 2.45) is 7.05 Å². The van der Waals surface area contributed by atoms with E-state index < -0.39 is 0 Å². The summed E-state index contributed by atoms with van der Waals surface area (Å²) in [5.41, 5.74) is 7.86. The van der Waals surface area contributed by atoms with Crippen molar-refractivity contribution in [3.05, 3.63) is 82.2 Å². The normalized spacial score (nSPS) is 17.4. The Bertz CT molecular complexity index is 1390. The lowest BCUT2D eigenvalue weighted by Crippen LogP contribution is -2.43. The topological polar surface area (TPSA) is 43.1 Å². The van der Waals surface area contributed by atoms with Crippen LogP contribution in [0.15, 0.2) is 59.7 Å². The molecule has 178 valence electrons. The predicted molar refractivity (Wildman–Crippen MR) is 143 cm³/mol. The maximum atomic E-state index is 13.0. The lowest BCUT2D eigenvalue weighted by atomic mass is 9.91. The molecule has 0 amide bonds. The number of hydrogen-bond donors (Lipinski definition) is 0. The zero-order valence-corrected chi connectivity index (χ0v) is 21.2. The van der Waals surface area contributed by atoms with Gasteiger partial charge >= 0.3 is 0 Å². The van der Waals surface area contributed by atoms with Crippen LogP contribution in [0.1, 0.15) is 36.2 Å². The standard InChI is InChI=1S/C27H28N4O.2ClH/c1-18-6-7-20(16-28-18)19-10-12-31(27(32)13-19)22-8-9-23-24-17-30-11-4-3-5-21(30)14-26(24)29(2)25(23)15-22;;/h6-10,12-13,15-16,21H,3-5,11,14,17H2,1-2H3;2*1H. The van der Waals surface area contributed by atoms with E-state index in [0.717, 1.165) is 35.5 Å². The summed E-state index contributed by atoms with van der Waals surface area (Å²) in [7, 11) is 2.18. The lowest BCUT2D eigenvalue weighted by molar-refractivity contribution is 0.126. The first-order valence-corrected chi connectivity index (χ1v) is 11.6. The first-order chi connectivity index (χ1) is 15.6. The van der Waals surface area contributed by atoms with Gasteiger partial charge in [0.25, 0.3) is 5.56 Å². The van der Waals surface area contributed by atoms with Gasteiger partial charge in [-0.25, -0.2) is 0 Å². The van der Waals surface area contributed by atoms with Crippen molar-refractivity contribution in [2.45, 2.75) is 45.2 Å². The molecular weight excluding hydrogens is 467 g/mol. The van der Waals surface area contributed by atoms with Crippen LogP contribution in [0.25, 0.3) is 27.7 Å². The molecule has 0 spiro atoms. The van der Waals surface area contributed by atoms with Gasteiger partial charge in [-0.1, -0.05) is 18.6 Å². The highest BCUT2D eigenvalue weighted by atomic mass is 35.5. The van der Waals surface area contributed by atoms with Crippen LogP contribution in [0.3, 0.4) is 0 Å². The Morgan fingerprint density at radius 2 is 1.85 bits per heavy atom. The Morgan fingerprint density at radius 3 is 2.62 bits per heavy atom. The molecule has 7 heteroatoms. The van der Waals surface area contributed by atoms with Gasteiger partial charge in [0.15, 0.2) is 0 Å². The molecule has 2 aliphatic heterocycles. The third kappa shape index (κ3) is 4.06. The average molecular weight is 497 g/mol. The molecule has 34 heavy (non-hydrogen) atoms. The number of nitrogens with zero attached hydrogens (tertiary/aromatic N) is 4. The van der Waals surface area contributed by atoms with Crippen molar-refractivity contribution >= 4 is 35.7 Å². The van der Waals surface area contributed by atoms with Crippen molar-refractivity contribution in [3.8, 4) is 16.8 Å². The number of hydrogen-bond acceptors (Lipinski definition) is 3. The summed E-state index contributed by atoms with van der Waals surface area (Å²) in [4.78, 5) is 20.0. The summed E-state index contributed by atoms with van der Waals surface area (Å²) in [5.74, 6) is 0. The Kier molecular flexibility index (Phi) is 6.90. The third-order valence-corrected chi connectivity index (χ3v) is 7.40. The number of benzene rings is 1. The summed E-state index contributed by atoms with van der Waals surface area (Å²) in [6, 6.07) is 14.8. The minimum Gasteiger partial charge on any atom is -0.347 e. The molecule has 1 saturated heterocycles. The fourth-order valence-electron chi connectivity index (χ4n) is 5.58. The summed E-state index contributed by atoms with van der Waals surface area (Å²) in [6.07, 6.45) is 8.81. The van der Waals surface area contributed by atoms with E-state index in [0.29, 0.717) is 6.04 Å². The van der Waals surface area contributed by atoms with E-state index in [9.17, 15) is 4.79 Å². The van der Waals surface area contributed by atoms with E-state index in [4.69, 9.17) is 0 Å². The molecule has 3 aromatic heterocycles. The molecule has 6 rings (SSSR count). The zero-order valence-electron chi connectivity index (χ0n) is 19.5. The van der Waals surface area contributed by atoms with Crippen LogP contribution >= 0.6 is 24.8 Å². The largest absolute Gasteiger partial charge is 0.347 e. The van der Waals surface area contributed by atoms with Gasteiger partial charge in [0.2, 0.25) is 0 Å². The summed E-state index contributed by atoms with van der Waals surface area (Å²) >= 11 is 0. The van der Waals surface area contributed by atoms with E-state index in [-0.39, 0.29) is 30.4 Å². The van der Waals surface area contributed by atoms with Crippen molar-refractivity contribution in [1.29, 1.82) is 0 Å². The fourth-order valence-corrected chi connectivity index (χ4v) is 5.58. The van der Waals surface area contributed by atoms with Crippen LogP contribution in [0.4, 0.5) is 0 Å². The Balaban J connectivity index is 0.00000137. The molecule has 0 saturated carbocycles. The predicted octanol–water partition coefficient (Wildman–Crippen LogP) is 5.45. The quantitative estimate of drug-likeness (QED) is 0.370. The van der Waals surface area contributed by atoms with E-state index in [2.05, 4.69) is 39.7 Å². The van der Waals surface area contributed by atoms with Gasteiger partial charge in [-0.05, 0) is 61.7 Å². The summed E-state index contributed by atoms with van der Waals surface area (Å²) in [6.45, 7) is 4.23. The molecule has 1 unspecified atom stereocenters. The second kappa shape index (κ2) is 9.57. The van der Waals surface area contributed by atoms with Gasteiger partial charge in [-0.3, -0.25) is 19.2 Å². The second-order valence-electron chi connectivity index (χ2n) is 9.32. The highest BCUT2D eigenvalue weighted by Gasteiger charge is 2.31. The molecule has 0 aliphatic carbocycles. The summed E-state index contributed by atoms with van der Waals surface area (Å²) in [5, 5.41) is 1.32. The monoisotopic (exact) mass is 496 g/mol. The molecule has 1 atom stereocenters. The SMILES string of the molecule is Cc1ccc(-c2ccn(-c3ccc4c5c(n(C)c4c3)CC3CCCCN3C5)c(=O)c2)cn1.Cl.Cl. The lowest BCUT2D eigenvalue weighted by Gasteiger charge is -2.39. The Hall–Kier alpha value is -2.60. The van der Waals surface area contributed by atoms with E-state index in [1.165, 1.54) is 48.0 Å². The summed E-state index contributed by atoms with van der Waals surface area (Å²) < 4.78 is 4.09. The molecule has 5 nitrogen and oxygen atoms in total. The number of aromatic nitrogens is 3. The van der Waals surface area contributed by atoms with Crippen molar-refractivity contribution < 1.29 is 0 Å². The Labute approximate surface area is 212 Å². The van der Waals surface area contributed by atoms with Crippen molar-refractivity contribution in [1.82, 2.24) is 19.0 Å². The number of pyridine rings is 2. The van der Waals surface area contributed by atoms with Crippen LogP contribution in [0.5, 0.6) is 0 Å². The second-order valence-corrected chi connectivity index (χ2v) is 9.32. The zero-order chi connectivity index (χ0) is 21.8. The number of piperidine rings is 1. The maximum Gasteiger partial charge on any atom is 0.255 e. The van der Waals surface area contributed by atoms with Crippen LogP contribution in [-0.2, 0) is 20.0 Å². The van der Waals surface area contributed by atoms with Crippen LogP contribution < -0.4 is 5.56 Å². The third-order valence-electron chi connectivity index (χ3n) is 7.40. The molecule has 1 fully saturated rings. The van der Waals surface area contributed by atoms with Crippen molar-refractivity contribution in [2.75, 3.05) is 6.54 Å². The molecule has 0 bridgehead atoms. The van der Waals surface area contributed by atoms with E-state index in [1.54, 1.807) is 10.6 Å². The maximum absolute atomic E-state index is 13.0. The van der Waals surface area contributed by atoms with E-state index >= 15 is 0 Å². The molecule has 2 aliphatic rings. The number of rotatable bonds is 2. The van der Waals surface area contributed by atoms with Gasteiger partial charge in [0, 0.05) is 66.9 Å². The smallest absolute Gasteiger partial charge is 0.255 e. The molecule has 5 heterocycles. The van der Waals surface area contributed by atoms with E-state index in [1.807, 2.05) is 37.5 Å². The number of halogens is 2. The minimum absolute atomic E-state index is 0. The molecule has 0 radical (unpaired) electrons. The fraction of sp³-hybridized carbons (Fsp3) is 0.333. The highest BCUT2D eigenvalue weighted by Crippen LogP contribution is 2.36. The molecule has 1 aromatic carbocycles. The van der Waals surface area contributed by atoms with Gasteiger partial charge < -0.3 is 4.57 Å². The minimum atomic E-state index is -0.0291. The van der Waals surface area contributed by atoms with Crippen molar-refractivity contribution in [3.63, 3.8) is 0 Å². The molecule has 4 aromatic rings. The van der Waals surface area contributed by atoms with Gasteiger partial charge in [0.1, 0.15) is 0 Å². The number of aryl methyl sites for hydroxylation is 2. The molecule has 0 N–H and O–H groups in total. The highest BCUT2D eigenvalue weighted by molar-refractivity contribution is 5.87. The molecular formula is C27H30Cl2N4O. The first-order valence-electron chi connectivity index (χ1n) is 11.6. The van der Waals surface area contributed by atoms with Gasteiger partial charge in [-0.2, -0.15) is 0 Å². The Morgan fingerprint density at radius 1 is 1.00 bits per heavy atom.